The van der Waals surface area contributed by atoms with Gasteiger partial charge in [0.1, 0.15) is 12.1 Å². The number of halogens is 4. The molecule has 6 nitrogen and oxygen atoms in total. The van der Waals surface area contributed by atoms with Crippen LogP contribution in [0.1, 0.15) is 33.3 Å². The molecule has 10 heteroatoms. The van der Waals surface area contributed by atoms with Crippen molar-refractivity contribution >= 4 is 12.2 Å². The first kappa shape index (κ1) is 21.4. The van der Waals surface area contributed by atoms with Crippen LogP contribution in [-0.4, -0.2) is 32.7 Å². The molecule has 0 atom stereocenters. The Bertz CT molecular complexity index is 868. The second kappa shape index (κ2) is 7.99. The van der Waals surface area contributed by atoms with Gasteiger partial charge in [0.05, 0.1) is 11.7 Å². The molecule has 1 heterocycles. The molecular formula is C18H19F4N3O3. The zero-order valence-electron chi connectivity index (χ0n) is 15.6. The van der Waals surface area contributed by atoms with Gasteiger partial charge in [-0.25, -0.2) is 14.5 Å². The molecule has 0 N–H and O–H groups in total. The third-order valence-electron chi connectivity index (χ3n) is 3.08. The van der Waals surface area contributed by atoms with Gasteiger partial charge in [-0.15, -0.1) is 5.10 Å². The number of benzene rings is 1. The summed E-state index contributed by atoms with van der Waals surface area (Å²) in [6, 6.07) is 3.18. The number of hydrogen-bond acceptors (Lipinski definition) is 5. The third-order valence-corrected chi connectivity index (χ3v) is 3.08. The Morgan fingerprint density at radius 2 is 1.86 bits per heavy atom. The Morgan fingerprint density at radius 3 is 2.43 bits per heavy atom. The van der Waals surface area contributed by atoms with Gasteiger partial charge in [0.15, 0.2) is 5.82 Å². The maximum atomic E-state index is 13.2. The van der Waals surface area contributed by atoms with Crippen LogP contribution >= 0.6 is 0 Å². The van der Waals surface area contributed by atoms with Crippen molar-refractivity contribution < 1.29 is 31.8 Å². The van der Waals surface area contributed by atoms with Crippen LogP contribution in [-0.2, 0) is 15.7 Å². The minimum Gasteiger partial charge on any atom is -0.491 e. The van der Waals surface area contributed by atoms with Crippen LogP contribution in [0.4, 0.5) is 17.6 Å². The van der Waals surface area contributed by atoms with Gasteiger partial charge < -0.3 is 9.47 Å². The fourth-order valence-corrected chi connectivity index (χ4v) is 2.12. The number of ether oxygens (including phenoxy) is 2. The number of nitrogens with zero attached hydrogens (tertiary/aromatic N) is 3. The predicted octanol–water partition coefficient (Wildman–Crippen LogP) is 4.47. The van der Waals surface area contributed by atoms with E-state index in [9.17, 15) is 22.4 Å². The van der Waals surface area contributed by atoms with Crippen molar-refractivity contribution in [1.29, 1.82) is 0 Å². The summed E-state index contributed by atoms with van der Waals surface area (Å²) in [7, 11) is 0. The van der Waals surface area contributed by atoms with E-state index >= 15 is 0 Å². The molecule has 28 heavy (non-hydrogen) atoms. The molecular weight excluding hydrogens is 382 g/mol. The van der Waals surface area contributed by atoms with Crippen LogP contribution in [0.5, 0.6) is 5.75 Å². The van der Waals surface area contributed by atoms with Gasteiger partial charge in [-0.05, 0) is 32.0 Å². The molecule has 0 aliphatic carbocycles. The third kappa shape index (κ3) is 6.36. The fraction of sp³-hybridized carbons (Fsp3) is 0.389. The van der Waals surface area contributed by atoms with Gasteiger partial charge in [-0.3, -0.25) is 0 Å². The molecule has 152 valence electrons. The minimum atomic E-state index is -4.57. The molecule has 2 aromatic rings. The monoisotopic (exact) mass is 401 g/mol. The summed E-state index contributed by atoms with van der Waals surface area (Å²) >= 11 is 0. The highest BCUT2D eigenvalue weighted by Crippen LogP contribution is 2.35. The van der Waals surface area contributed by atoms with Crippen molar-refractivity contribution in [3.05, 3.63) is 36.2 Å². The summed E-state index contributed by atoms with van der Waals surface area (Å²) in [5.74, 6) is -3.07. The van der Waals surface area contributed by atoms with Crippen LogP contribution in [0.25, 0.3) is 17.6 Å². The minimum absolute atomic E-state index is 0.0106. The smallest absolute Gasteiger partial charge is 0.416 e. The molecule has 0 saturated carbocycles. The summed E-state index contributed by atoms with van der Waals surface area (Å²) in [5.41, 5.74) is -0.814. The Morgan fingerprint density at radius 1 is 1.18 bits per heavy atom. The first-order valence-corrected chi connectivity index (χ1v) is 8.24. The standard InChI is InChI=1S/C18H19F4N3O3/c1-11(2)27-14-8-12(7-13(9-14)18(20,21)22)16-23-10-25(24-16)6-5-15(26)28-17(3,4)19/h5-11H,1-4H3/b6-5-. The number of hydrogen-bond donors (Lipinski definition) is 0. The quantitative estimate of drug-likeness (QED) is 0.406. The second-order valence-electron chi connectivity index (χ2n) is 6.56. The van der Waals surface area contributed by atoms with Crippen molar-refractivity contribution in [2.75, 3.05) is 0 Å². The highest BCUT2D eigenvalue weighted by Gasteiger charge is 2.32. The lowest BCUT2D eigenvalue weighted by Gasteiger charge is -2.14. The normalized spacial score (nSPS) is 12.6. The number of esters is 1. The number of aromatic nitrogens is 3. The van der Waals surface area contributed by atoms with E-state index < -0.39 is 23.6 Å². The first-order chi connectivity index (χ1) is 12.8. The van der Waals surface area contributed by atoms with E-state index in [1.807, 2.05) is 0 Å². The molecule has 0 aliphatic rings. The van der Waals surface area contributed by atoms with E-state index in [1.165, 1.54) is 12.4 Å². The lowest BCUT2D eigenvalue weighted by Crippen LogP contribution is -2.20. The van der Waals surface area contributed by atoms with Gasteiger partial charge in [0.2, 0.25) is 5.85 Å². The molecule has 0 radical (unpaired) electrons. The molecule has 0 amide bonds. The van der Waals surface area contributed by atoms with Crippen LogP contribution in [0.15, 0.2) is 30.6 Å². The molecule has 2 rings (SSSR count). The summed E-state index contributed by atoms with van der Waals surface area (Å²) < 4.78 is 63.6. The first-order valence-electron chi connectivity index (χ1n) is 8.24. The van der Waals surface area contributed by atoms with Gasteiger partial charge in [-0.2, -0.15) is 17.6 Å². The van der Waals surface area contributed by atoms with E-state index in [-0.39, 0.29) is 23.2 Å². The summed E-state index contributed by atoms with van der Waals surface area (Å²) in [4.78, 5) is 15.4. The predicted molar refractivity (Wildman–Crippen MR) is 92.8 cm³/mol. The SMILES string of the molecule is CC(C)Oc1cc(-c2ncn(/C=C\C(=O)OC(C)(C)F)n2)cc(C(F)(F)F)c1. The Balaban J connectivity index is 2.29. The maximum Gasteiger partial charge on any atom is 0.416 e. The average molecular weight is 401 g/mol. The number of carbonyl (C=O) groups is 1. The van der Waals surface area contributed by atoms with Gasteiger partial charge in [-0.1, -0.05) is 0 Å². The molecule has 1 aromatic carbocycles. The van der Waals surface area contributed by atoms with Gasteiger partial charge in [0, 0.05) is 31.7 Å². The van der Waals surface area contributed by atoms with E-state index in [4.69, 9.17) is 4.74 Å². The van der Waals surface area contributed by atoms with Crippen LogP contribution in [0.3, 0.4) is 0 Å². The highest BCUT2D eigenvalue weighted by atomic mass is 19.4. The number of carbonyl (C=O) groups excluding carboxylic acids is 1. The lowest BCUT2D eigenvalue weighted by molar-refractivity contribution is -0.167. The second-order valence-corrected chi connectivity index (χ2v) is 6.56. The molecule has 0 aliphatic heterocycles. The van der Waals surface area contributed by atoms with E-state index in [0.29, 0.717) is 0 Å². The Labute approximate surface area is 158 Å². The molecule has 0 saturated heterocycles. The number of rotatable bonds is 6. The van der Waals surface area contributed by atoms with E-state index in [1.54, 1.807) is 13.8 Å². The average Bonchev–Trinajstić information content (AvgIpc) is 2.98. The fourth-order valence-electron chi connectivity index (χ4n) is 2.12. The largest absolute Gasteiger partial charge is 0.491 e. The Hall–Kier alpha value is -2.91. The van der Waals surface area contributed by atoms with Crippen LogP contribution < -0.4 is 4.74 Å². The highest BCUT2D eigenvalue weighted by molar-refractivity contribution is 5.85. The van der Waals surface area contributed by atoms with E-state index in [0.717, 1.165) is 42.9 Å². The summed E-state index contributed by atoms with van der Waals surface area (Å²) in [6.45, 7) is 5.51. The Kier molecular flexibility index (Phi) is 6.10. The van der Waals surface area contributed by atoms with Crippen LogP contribution in [0.2, 0.25) is 0 Å². The topological polar surface area (TPSA) is 66.2 Å². The van der Waals surface area contributed by atoms with Crippen molar-refractivity contribution in [2.24, 2.45) is 0 Å². The van der Waals surface area contributed by atoms with Gasteiger partial charge >= 0.3 is 12.1 Å². The van der Waals surface area contributed by atoms with Crippen molar-refractivity contribution in [3.63, 3.8) is 0 Å². The number of alkyl halides is 4. The molecule has 0 bridgehead atoms. The zero-order valence-corrected chi connectivity index (χ0v) is 15.6. The zero-order chi connectivity index (χ0) is 21.1. The van der Waals surface area contributed by atoms with Crippen molar-refractivity contribution in [2.45, 2.75) is 45.8 Å². The van der Waals surface area contributed by atoms with E-state index in [2.05, 4.69) is 14.8 Å². The van der Waals surface area contributed by atoms with Gasteiger partial charge in [0.25, 0.3) is 0 Å². The summed E-state index contributed by atoms with van der Waals surface area (Å²) in [6.07, 6.45) is -1.65. The molecule has 0 fully saturated rings. The molecule has 1 aromatic heterocycles. The maximum absolute atomic E-state index is 13.2. The molecule has 0 unspecified atom stereocenters. The lowest BCUT2D eigenvalue weighted by atomic mass is 10.1. The van der Waals surface area contributed by atoms with Crippen LogP contribution in [0, 0.1) is 0 Å². The van der Waals surface area contributed by atoms with Crippen molar-refractivity contribution in [1.82, 2.24) is 14.8 Å². The molecule has 0 spiro atoms. The van der Waals surface area contributed by atoms with Crippen molar-refractivity contribution in [3.8, 4) is 17.1 Å². The summed E-state index contributed by atoms with van der Waals surface area (Å²) in [5, 5.41) is 3.99.